The van der Waals surface area contributed by atoms with E-state index in [1.165, 1.54) is 0 Å². The summed E-state index contributed by atoms with van der Waals surface area (Å²) in [6, 6.07) is 13.7. The van der Waals surface area contributed by atoms with Crippen molar-refractivity contribution >= 4 is 27.6 Å². The van der Waals surface area contributed by atoms with Crippen LogP contribution < -0.4 is 9.46 Å². The van der Waals surface area contributed by atoms with E-state index in [1.54, 1.807) is 42.5 Å². The standard InChI is InChI=1S/C17H18ClNO4S/c1-2-13-6-5-8-15(10-13)23-17(20)11-19-24(21,22)12-14-7-3-4-9-16(14)18/h3-10,19H,2,11-12H2,1H3. The van der Waals surface area contributed by atoms with Crippen LogP contribution in [-0.2, 0) is 27.0 Å². The third-order valence-electron chi connectivity index (χ3n) is 3.28. The molecular weight excluding hydrogens is 350 g/mol. The van der Waals surface area contributed by atoms with Crippen molar-refractivity contribution in [2.24, 2.45) is 0 Å². The normalized spacial score (nSPS) is 11.2. The Hall–Kier alpha value is -1.89. The number of benzene rings is 2. The highest BCUT2D eigenvalue weighted by molar-refractivity contribution is 7.88. The minimum absolute atomic E-state index is 0.300. The predicted molar refractivity (Wildman–Crippen MR) is 93.5 cm³/mol. The molecule has 0 aliphatic heterocycles. The van der Waals surface area contributed by atoms with Gasteiger partial charge in [-0.2, -0.15) is 0 Å². The molecule has 0 saturated carbocycles. The molecule has 2 aromatic carbocycles. The molecule has 0 heterocycles. The highest BCUT2D eigenvalue weighted by atomic mass is 35.5. The Morgan fingerprint density at radius 3 is 2.62 bits per heavy atom. The zero-order valence-electron chi connectivity index (χ0n) is 13.2. The average molecular weight is 368 g/mol. The van der Waals surface area contributed by atoms with Crippen LogP contribution in [0, 0.1) is 0 Å². The van der Waals surface area contributed by atoms with Crippen molar-refractivity contribution in [2.45, 2.75) is 19.1 Å². The van der Waals surface area contributed by atoms with Crippen LogP contribution in [0.25, 0.3) is 0 Å². The first-order valence-electron chi connectivity index (χ1n) is 7.40. The Kier molecular flexibility index (Phi) is 6.36. The van der Waals surface area contributed by atoms with Gasteiger partial charge in [-0.15, -0.1) is 0 Å². The fourth-order valence-electron chi connectivity index (χ4n) is 2.04. The number of carbonyl (C=O) groups excluding carboxylic acids is 1. The molecule has 0 aromatic heterocycles. The number of hydrogen-bond donors (Lipinski definition) is 1. The van der Waals surface area contributed by atoms with Crippen LogP contribution in [0.4, 0.5) is 0 Å². The lowest BCUT2D eigenvalue weighted by Crippen LogP contribution is -2.32. The van der Waals surface area contributed by atoms with E-state index in [0.717, 1.165) is 12.0 Å². The van der Waals surface area contributed by atoms with Crippen LogP contribution in [0.1, 0.15) is 18.1 Å². The number of esters is 1. The Morgan fingerprint density at radius 1 is 1.17 bits per heavy atom. The SMILES string of the molecule is CCc1cccc(OC(=O)CNS(=O)(=O)Cc2ccccc2Cl)c1. The van der Waals surface area contributed by atoms with Gasteiger partial charge in [-0.25, -0.2) is 13.1 Å². The Bertz CT molecular complexity index is 821. The third-order valence-corrected chi connectivity index (χ3v) is 4.92. The van der Waals surface area contributed by atoms with Crippen molar-refractivity contribution in [3.63, 3.8) is 0 Å². The lowest BCUT2D eigenvalue weighted by molar-refractivity contribution is -0.133. The Morgan fingerprint density at radius 2 is 1.92 bits per heavy atom. The molecule has 1 N–H and O–H groups in total. The van der Waals surface area contributed by atoms with Gasteiger partial charge in [0.1, 0.15) is 12.3 Å². The molecule has 0 aliphatic carbocycles. The number of carbonyl (C=O) groups is 1. The van der Waals surface area contributed by atoms with Gasteiger partial charge in [0.2, 0.25) is 10.0 Å². The zero-order chi connectivity index (χ0) is 17.6. The first-order chi connectivity index (χ1) is 11.4. The number of nitrogens with one attached hydrogen (secondary N) is 1. The number of ether oxygens (including phenoxy) is 1. The zero-order valence-corrected chi connectivity index (χ0v) is 14.7. The van der Waals surface area contributed by atoms with E-state index in [2.05, 4.69) is 4.72 Å². The fourth-order valence-corrected chi connectivity index (χ4v) is 3.42. The number of sulfonamides is 1. The monoisotopic (exact) mass is 367 g/mol. The number of halogens is 1. The quantitative estimate of drug-likeness (QED) is 0.603. The molecule has 7 heteroatoms. The van der Waals surface area contributed by atoms with Gasteiger partial charge in [-0.05, 0) is 35.7 Å². The third kappa shape index (κ3) is 5.63. The molecule has 2 rings (SSSR count). The highest BCUT2D eigenvalue weighted by Gasteiger charge is 2.16. The molecule has 0 fully saturated rings. The van der Waals surface area contributed by atoms with Crippen LogP contribution >= 0.6 is 11.6 Å². The van der Waals surface area contributed by atoms with Crippen molar-refractivity contribution in [3.8, 4) is 5.75 Å². The first kappa shape index (κ1) is 18.4. The van der Waals surface area contributed by atoms with Crippen LogP contribution in [0.3, 0.4) is 0 Å². The summed E-state index contributed by atoms with van der Waals surface area (Å²) in [5, 5.41) is 0.363. The van der Waals surface area contributed by atoms with Gasteiger partial charge in [-0.3, -0.25) is 4.79 Å². The second-order valence-corrected chi connectivity index (χ2v) is 7.36. The van der Waals surface area contributed by atoms with E-state index in [1.807, 2.05) is 13.0 Å². The van der Waals surface area contributed by atoms with Crippen molar-refractivity contribution in [2.75, 3.05) is 6.54 Å². The summed E-state index contributed by atoms with van der Waals surface area (Å²) in [5.41, 5.74) is 1.50. The second-order valence-electron chi connectivity index (χ2n) is 5.15. The molecule has 0 unspecified atom stereocenters. The van der Waals surface area contributed by atoms with Crippen LogP contribution in [0.2, 0.25) is 5.02 Å². The molecule has 128 valence electrons. The van der Waals surface area contributed by atoms with Crippen LogP contribution in [0.15, 0.2) is 48.5 Å². The predicted octanol–water partition coefficient (Wildman–Crippen LogP) is 2.93. The van der Waals surface area contributed by atoms with E-state index in [4.69, 9.17) is 16.3 Å². The summed E-state index contributed by atoms with van der Waals surface area (Å²) in [5.74, 6) is -0.582. The summed E-state index contributed by atoms with van der Waals surface area (Å²) < 4.78 is 31.4. The van der Waals surface area contributed by atoms with E-state index >= 15 is 0 Å². The van der Waals surface area contributed by atoms with E-state index in [-0.39, 0.29) is 5.75 Å². The maximum Gasteiger partial charge on any atom is 0.326 e. The molecule has 0 atom stereocenters. The summed E-state index contributed by atoms with van der Waals surface area (Å²) in [6.07, 6.45) is 0.815. The van der Waals surface area contributed by atoms with E-state index in [9.17, 15) is 13.2 Å². The van der Waals surface area contributed by atoms with Gasteiger partial charge in [-0.1, -0.05) is 48.9 Å². The minimum atomic E-state index is -3.69. The van der Waals surface area contributed by atoms with Gasteiger partial charge in [0.25, 0.3) is 0 Å². The van der Waals surface area contributed by atoms with Gasteiger partial charge in [0, 0.05) is 5.02 Å². The molecule has 5 nitrogen and oxygen atoms in total. The lowest BCUT2D eigenvalue weighted by Gasteiger charge is -2.09. The molecule has 0 amide bonds. The molecular formula is C17H18ClNO4S. The van der Waals surface area contributed by atoms with Gasteiger partial charge in [0.15, 0.2) is 0 Å². The van der Waals surface area contributed by atoms with E-state index < -0.39 is 22.5 Å². The Balaban J connectivity index is 1.91. The molecule has 2 aromatic rings. The van der Waals surface area contributed by atoms with Crippen LogP contribution in [0.5, 0.6) is 5.75 Å². The van der Waals surface area contributed by atoms with Crippen molar-refractivity contribution in [3.05, 3.63) is 64.7 Å². The lowest BCUT2D eigenvalue weighted by atomic mass is 10.2. The van der Waals surface area contributed by atoms with Crippen molar-refractivity contribution in [1.82, 2.24) is 4.72 Å². The molecule has 24 heavy (non-hydrogen) atoms. The number of hydrogen-bond acceptors (Lipinski definition) is 4. The average Bonchev–Trinajstić information content (AvgIpc) is 2.55. The largest absolute Gasteiger partial charge is 0.426 e. The summed E-state index contributed by atoms with van der Waals surface area (Å²) in [4.78, 5) is 11.8. The Labute approximate surface area is 146 Å². The minimum Gasteiger partial charge on any atom is -0.426 e. The number of aryl methyl sites for hydroxylation is 1. The molecule has 0 spiro atoms. The van der Waals surface area contributed by atoms with Crippen LogP contribution in [-0.4, -0.2) is 20.9 Å². The highest BCUT2D eigenvalue weighted by Crippen LogP contribution is 2.17. The van der Waals surface area contributed by atoms with Gasteiger partial charge < -0.3 is 4.74 Å². The topological polar surface area (TPSA) is 72.5 Å². The number of rotatable bonds is 7. The summed E-state index contributed by atoms with van der Waals surface area (Å²) in [6.45, 7) is 1.55. The van der Waals surface area contributed by atoms with Crippen molar-refractivity contribution < 1.29 is 17.9 Å². The molecule has 0 aliphatic rings. The first-order valence-corrected chi connectivity index (χ1v) is 9.43. The smallest absolute Gasteiger partial charge is 0.326 e. The van der Waals surface area contributed by atoms with E-state index in [0.29, 0.717) is 16.3 Å². The fraction of sp³-hybridized carbons (Fsp3) is 0.235. The van der Waals surface area contributed by atoms with Gasteiger partial charge >= 0.3 is 5.97 Å². The maximum atomic E-state index is 12.0. The summed E-state index contributed by atoms with van der Waals surface area (Å²) in [7, 11) is -3.69. The van der Waals surface area contributed by atoms with Gasteiger partial charge in [0.05, 0.1) is 5.75 Å². The molecule has 0 saturated heterocycles. The molecule has 0 radical (unpaired) electrons. The van der Waals surface area contributed by atoms with Crippen molar-refractivity contribution in [1.29, 1.82) is 0 Å². The maximum absolute atomic E-state index is 12.0. The molecule has 0 bridgehead atoms. The second kappa shape index (κ2) is 8.28. The summed E-state index contributed by atoms with van der Waals surface area (Å²) >= 11 is 5.95.